The van der Waals surface area contributed by atoms with Gasteiger partial charge in [0.05, 0.1) is 0 Å². The molecule has 0 radical (unpaired) electrons. The molecule has 0 bridgehead atoms. The molecule has 1 nitrogen and oxygen atoms in total. The van der Waals surface area contributed by atoms with Crippen molar-refractivity contribution in [2.75, 3.05) is 0 Å². The molecule has 0 aliphatic carbocycles. The maximum Gasteiger partial charge on any atom is 0.168 e. The summed E-state index contributed by atoms with van der Waals surface area (Å²) in [5.74, 6) is 0.996. The first-order chi connectivity index (χ1) is 4.47. The first-order valence-corrected chi connectivity index (χ1v) is 2.89. The topological polar surface area (TPSA) is 12.5 Å². The number of rotatable bonds is 1. The minimum atomic E-state index is 0.996. The van der Waals surface area contributed by atoms with E-state index in [1.165, 1.54) is 0 Å². The van der Waals surface area contributed by atoms with Crippen molar-refractivity contribution in [2.24, 2.45) is 0 Å². The molecule has 0 aromatic heterocycles. The van der Waals surface area contributed by atoms with E-state index in [1.54, 1.807) is 6.26 Å². The monoisotopic (exact) mass is 118 g/mol. The Morgan fingerprint density at radius 2 is 1.67 bits per heavy atom. The zero-order valence-electron chi connectivity index (χ0n) is 4.87. The largest absolute Gasteiger partial charge is 0.457 e. The fraction of sp³-hybridized carbons (Fsp3) is 0. The van der Waals surface area contributed by atoms with Crippen molar-refractivity contribution >= 4 is 5.76 Å². The molecule has 1 aromatic rings. The smallest absolute Gasteiger partial charge is 0.168 e. The lowest BCUT2D eigenvalue weighted by Gasteiger charge is -1.86. The predicted molar refractivity (Wildman–Crippen MR) is 35.5 cm³/mol. The standard InChI is InChI=1S/C8H6O/c1-2-4-7(5-3-1)8-6-9-8/h1-6H. The molecule has 44 valence electrons. The third kappa shape index (κ3) is 0.809. The van der Waals surface area contributed by atoms with Crippen molar-refractivity contribution in [3.05, 3.63) is 42.2 Å². The SMILES string of the molecule is C1=C(c2ccccc2)O1. The van der Waals surface area contributed by atoms with Crippen molar-refractivity contribution in [3.8, 4) is 0 Å². The number of ether oxygens (including phenoxy) is 1. The molecule has 1 aliphatic heterocycles. The van der Waals surface area contributed by atoms with E-state index in [-0.39, 0.29) is 0 Å². The quantitative estimate of drug-likeness (QED) is 0.549. The van der Waals surface area contributed by atoms with E-state index in [4.69, 9.17) is 4.74 Å². The maximum atomic E-state index is 4.89. The molecule has 1 heterocycles. The fourth-order valence-electron chi connectivity index (χ4n) is 0.768. The predicted octanol–water partition coefficient (Wildman–Crippen LogP) is 2.02. The normalized spacial score (nSPS) is 14.0. The number of hydrogen-bond donors (Lipinski definition) is 0. The molecule has 0 amide bonds. The fourth-order valence-corrected chi connectivity index (χ4v) is 0.768. The first-order valence-electron chi connectivity index (χ1n) is 2.89. The molecular weight excluding hydrogens is 112 g/mol. The van der Waals surface area contributed by atoms with Gasteiger partial charge in [0, 0.05) is 5.56 Å². The van der Waals surface area contributed by atoms with Gasteiger partial charge in [-0.25, -0.2) is 0 Å². The summed E-state index contributed by atoms with van der Waals surface area (Å²) >= 11 is 0. The summed E-state index contributed by atoms with van der Waals surface area (Å²) in [5, 5.41) is 0. The number of hydrogen-bond acceptors (Lipinski definition) is 1. The molecule has 0 saturated carbocycles. The molecule has 0 fully saturated rings. The highest BCUT2D eigenvalue weighted by Crippen LogP contribution is 2.25. The lowest BCUT2D eigenvalue weighted by atomic mass is 10.2. The van der Waals surface area contributed by atoms with Crippen LogP contribution in [0.25, 0.3) is 5.76 Å². The van der Waals surface area contributed by atoms with Gasteiger partial charge < -0.3 is 4.74 Å². The van der Waals surface area contributed by atoms with Crippen LogP contribution in [0.1, 0.15) is 5.56 Å². The van der Waals surface area contributed by atoms with Crippen LogP contribution < -0.4 is 0 Å². The minimum Gasteiger partial charge on any atom is -0.457 e. The van der Waals surface area contributed by atoms with E-state index >= 15 is 0 Å². The van der Waals surface area contributed by atoms with Crippen LogP contribution in [-0.4, -0.2) is 0 Å². The summed E-state index contributed by atoms with van der Waals surface area (Å²) in [4.78, 5) is 0. The molecular formula is C8H6O. The van der Waals surface area contributed by atoms with Crippen molar-refractivity contribution < 1.29 is 4.74 Å². The zero-order chi connectivity index (χ0) is 6.10. The van der Waals surface area contributed by atoms with Gasteiger partial charge in [0.1, 0.15) is 6.26 Å². The summed E-state index contributed by atoms with van der Waals surface area (Å²) < 4.78 is 4.89. The second kappa shape index (κ2) is 1.62. The molecule has 0 atom stereocenters. The average Bonchev–Trinajstić information content (AvgIpc) is 2.71. The molecule has 1 aliphatic rings. The van der Waals surface area contributed by atoms with E-state index in [1.807, 2.05) is 30.3 Å². The average molecular weight is 118 g/mol. The van der Waals surface area contributed by atoms with Crippen molar-refractivity contribution in [3.63, 3.8) is 0 Å². The third-order valence-electron chi connectivity index (χ3n) is 1.29. The summed E-state index contributed by atoms with van der Waals surface area (Å²) in [6, 6.07) is 10.0. The van der Waals surface area contributed by atoms with E-state index in [0.717, 1.165) is 11.3 Å². The Hall–Kier alpha value is -1.24. The van der Waals surface area contributed by atoms with Crippen molar-refractivity contribution in [2.45, 2.75) is 0 Å². The van der Waals surface area contributed by atoms with Crippen LogP contribution in [0.2, 0.25) is 0 Å². The van der Waals surface area contributed by atoms with Gasteiger partial charge in [-0.1, -0.05) is 30.3 Å². The van der Waals surface area contributed by atoms with Crippen LogP contribution in [-0.2, 0) is 4.74 Å². The lowest BCUT2D eigenvalue weighted by Crippen LogP contribution is -1.68. The van der Waals surface area contributed by atoms with Gasteiger partial charge in [0.15, 0.2) is 5.76 Å². The van der Waals surface area contributed by atoms with E-state index in [2.05, 4.69) is 0 Å². The Bertz CT molecular complexity index is 236. The molecule has 1 heteroatoms. The van der Waals surface area contributed by atoms with Gasteiger partial charge in [-0.3, -0.25) is 0 Å². The van der Waals surface area contributed by atoms with Crippen LogP contribution in [0.15, 0.2) is 36.6 Å². The van der Waals surface area contributed by atoms with E-state index in [9.17, 15) is 0 Å². The van der Waals surface area contributed by atoms with Crippen molar-refractivity contribution in [1.82, 2.24) is 0 Å². The van der Waals surface area contributed by atoms with Crippen LogP contribution in [0.4, 0.5) is 0 Å². The molecule has 2 rings (SSSR count). The van der Waals surface area contributed by atoms with Crippen LogP contribution in [0, 0.1) is 0 Å². The summed E-state index contributed by atoms with van der Waals surface area (Å²) in [7, 11) is 0. The molecule has 0 spiro atoms. The van der Waals surface area contributed by atoms with Crippen LogP contribution in [0.5, 0.6) is 0 Å². The van der Waals surface area contributed by atoms with Gasteiger partial charge in [-0.15, -0.1) is 0 Å². The van der Waals surface area contributed by atoms with Crippen LogP contribution in [0.3, 0.4) is 0 Å². The van der Waals surface area contributed by atoms with Gasteiger partial charge >= 0.3 is 0 Å². The number of benzene rings is 1. The molecule has 1 aromatic carbocycles. The van der Waals surface area contributed by atoms with E-state index < -0.39 is 0 Å². The Balaban J connectivity index is 2.40. The highest BCUT2D eigenvalue weighted by atomic mass is 16.5. The maximum absolute atomic E-state index is 4.89. The Labute approximate surface area is 53.6 Å². The van der Waals surface area contributed by atoms with Crippen LogP contribution >= 0.6 is 0 Å². The third-order valence-corrected chi connectivity index (χ3v) is 1.29. The highest BCUT2D eigenvalue weighted by Gasteiger charge is 2.10. The van der Waals surface area contributed by atoms with E-state index in [0.29, 0.717) is 0 Å². The zero-order valence-corrected chi connectivity index (χ0v) is 4.87. The second-order valence-corrected chi connectivity index (χ2v) is 1.97. The summed E-state index contributed by atoms with van der Waals surface area (Å²) in [6.07, 6.45) is 1.75. The highest BCUT2D eigenvalue weighted by molar-refractivity contribution is 5.66. The molecule has 0 unspecified atom stereocenters. The van der Waals surface area contributed by atoms with Gasteiger partial charge in [0.25, 0.3) is 0 Å². The molecule has 0 saturated heterocycles. The van der Waals surface area contributed by atoms with Gasteiger partial charge in [-0.05, 0) is 0 Å². The summed E-state index contributed by atoms with van der Waals surface area (Å²) in [6.45, 7) is 0. The summed E-state index contributed by atoms with van der Waals surface area (Å²) in [5.41, 5.74) is 1.16. The Morgan fingerprint density at radius 1 is 1.00 bits per heavy atom. The molecule has 9 heavy (non-hydrogen) atoms. The second-order valence-electron chi connectivity index (χ2n) is 1.97. The van der Waals surface area contributed by atoms with Crippen molar-refractivity contribution in [1.29, 1.82) is 0 Å². The van der Waals surface area contributed by atoms with Gasteiger partial charge in [0.2, 0.25) is 0 Å². The van der Waals surface area contributed by atoms with Gasteiger partial charge in [-0.2, -0.15) is 0 Å². The minimum absolute atomic E-state index is 0.996. The lowest BCUT2D eigenvalue weighted by molar-refractivity contribution is 0.563. The Morgan fingerprint density at radius 3 is 2.22 bits per heavy atom. The first kappa shape index (κ1) is 4.62. The Kier molecular flexibility index (Phi) is 0.833. The molecule has 0 N–H and O–H groups in total.